The van der Waals surface area contributed by atoms with E-state index < -0.39 is 0 Å². The summed E-state index contributed by atoms with van der Waals surface area (Å²) in [5, 5.41) is 0. The monoisotopic (exact) mass is 233 g/mol. The van der Waals surface area contributed by atoms with Crippen LogP contribution in [-0.2, 0) is 0 Å². The van der Waals surface area contributed by atoms with Crippen molar-refractivity contribution in [1.29, 1.82) is 0 Å². The first-order valence-electron chi connectivity index (χ1n) is 2.12. The Kier molecular flexibility index (Phi) is 2.01. The Balaban J connectivity index is 2.86. The summed E-state index contributed by atoms with van der Waals surface area (Å²) < 4.78 is 2.04. The molecular formula is C6H3Br2+. The predicted octanol–water partition coefficient (Wildman–Crippen LogP) is 2.92. The molecule has 0 spiro atoms. The third-order valence-corrected chi connectivity index (χ3v) is 1.72. The molecule has 0 bridgehead atoms. The third-order valence-electron chi connectivity index (χ3n) is 0.737. The molecule has 0 saturated heterocycles. The number of rotatable bonds is 0. The largest absolute Gasteiger partial charge is 0.180 e. The van der Waals surface area contributed by atoms with Gasteiger partial charge in [0.05, 0.1) is 18.2 Å². The molecule has 0 amide bonds. The number of hydrogen-bond donors (Lipinski definition) is 0. The molecule has 0 N–H and O–H groups in total. The lowest BCUT2D eigenvalue weighted by Crippen LogP contribution is -1.71. The van der Waals surface area contributed by atoms with Gasteiger partial charge in [0.15, 0.2) is 4.48 Å². The molecule has 0 saturated carbocycles. The molecule has 0 radical (unpaired) electrons. The van der Waals surface area contributed by atoms with Crippen LogP contribution in [0.4, 0.5) is 0 Å². The predicted molar refractivity (Wildman–Crippen MR) is 41.8 cm³/mol. The van der Waals surface area contributed by atoms with Gasteiger partial charge in [-0.25, -0.2) is 0 Å². The summed E-state index contributed by atoms with van der Waals surface area (Å²) in [5.74, 6) is 0. The van der Waals surface area contributed by atoms with Gasteiger partial charge in [-0.1, -0.05) is 0 Å². The lowest BCUT2D eigenvalue weighted by molar-refractivity contribution is 1.71. The molecule has 8 heavy (non-hydrogen) atoms. The van der Waals surface area contributed by atoms with Crippen LogP contribution in [0.3, 0.4) is 0 Å². The van der Waals surface area contributed by atoms with Crippen molar-refractivity contribution in [2.45, 2.75) is 0 Å². The van der Waals surface area contributed by atoms with Crippen molar-refractivity contribution < 1.29 is 0 Å². The zero-order chi connectivity index (χ0) is 5.98. The van der Waals surface area contributed by atoms with Gasteiger partial charge in [0.25, 0.3) is 0 Å². The van der Waals surface area contributed by atoms with E-state index >= 15 is 0 Å². The van der Waals surface area contributed by atoms with Crippen LogP contribution in [0.2, 0.25) is 0 Å². The minimum atomic E-state index is 0.987. The summed E-state index contributed by atoms with van der Waals surface area (Å²) in [4.78, 5) is 0. The van der Waals surface area contributed by atoms with E-state index in [2.05, 4.69) is 37.9 Å². The van der Waals surface area contributed by atoms with Crippen LogP contribution >= 0.6 is 31.9 Å². The van der Waals surface area contributed by atoms with Crippen LogP contribution in [0.1, 0.15) is 0 Å². The van der Waals surface area contributed by atoms with Gasteiger partial charge in [-0.3, -0.25) is 0 Å². The van der Waals surface area contributed by atoms with E-state index in [9.17, 15) is 0 Å². The molecule has 0 nitrogen and oxygen atoms in total. The van der Waals surface area contributed by atoms with Gasteiger partial charge >= 0.3 is 0 Å². The Morgan fingerprint density at radius 1 is 1.25 bits per heavy atom. The first-order chi connectivity index (χ1) is 3.79. The standard InChI is InChI=1S/C6H3Br2/c7-5-1-2-6(8)4-3-5/h1-3H/q+1. The van der Waals surface area contributed by atoms with Gasteiger partial charge in [-0.15, -0.1) is 0 Å². The van der Waals surface area contributed by atoms with Gasteiger partial charge in [0.2, 0.25) is 0 Å². The van der Waals surface area contributed by atoms with Gasteiger partial charge in [-0.2, -0.15) is 0 Å². The SMILES string of the molecule is BrC1=[C+]C=C(Br)C=C1. The van der Waals surface area contributed by atoms with E-state index in [4.69, 9.17) is 0 Å². The lowest BCUT2D eigenvalue weighted by atomic mass is 10.3. The van der Waals surface area contributed by atoms with Crippen LogP contribution in [0.15, 0.2) is 27.2 Å². The maximum atomic E-state index is 3.29. The van der Waals surface area contributed by atoms with Gasteiger partial charge in [0, 0.05) is 15.9 Å². The van der Waals surface area contributed by atoms with Crippen LogP contribution in [0.5, 0.6) is 0 Å². The van der Waals surface area contributed by atoms with Crippen molar-refractivity contribution in [3.63, 3.8) is 0 Å². The average molecular weight is 235 g/mol. The molecule has 0 fully saturated rings. The Hall–Kier alpha value is 0.0900. The summed E-state index contributed by atoms with van der Waals surface area (Å²) in [5.41, 5.74) is 0. The Labute approximate surface area is 65.2 Å². The van der Waals surface area contributed by atoms with E-state index in [1.165, 1.54) is 0 Å². The molecule has 0 aromatic carbocycles. The first-order valence-corrected chi connectivity index (χ1v) is 3.70. The normalized spacial score (nSPS) is 16.8. The highest BCUT2D eigenvalue weighted by Crippen LogP contribution is 2.17. The minimum Gasteiger partial charge on any atom is -0.00773 e. The van der Waals surface area contributed by atoms with E-state index in [0.29, 0.717) is 0 Å². The molecule has 2 heteroatoms. The van der Waals surface area contributed by atoms with Crippen LogP contribution in [0, 0.1) is 6.08 Å². The fraction of sp³-hybridized carbons (Fsp3) is 0. The van der Waals surface area contributed by atoms with Crippen molar-refractivity contribution in [3.05, 3.63) is 33.3 Å². The molecular weight excluding hydrogens is 232 g/mol. The zero-order valence-corrected chi connectivity index (χ0v) is 7.16. The molecule has 1 aliphatic carbocycles. The van der Waals surface area contributed by atoms with Gasteiger partial charge in [0.1, 0.15) is 10.6 Å². The molecule has 0 atom stereocenters. The molecule has 0 heterocycles. The zero-order valence-electron chi connectivity index (χ0n) is 3.99. The number of allylic oxidation sites excluding steroid dienone is 6. The summed E-state index contributed by atoms with van der Waals surface area (Å²) in [6.07, 6.45) is 8.73. The molecule has 0 aromatic heterocycles. The minimum absolute atomic E-state index is 0.987. The second kappa shape index (κ2) is 2.58. The lowest BCUT2D eigenvalue weighted by Gasteiger charge is -1.81. The third kappa shape index (κ3) is 1.55. The van der Waals surface area contributed by atoms with Crippen LogP contribution < -0.4 is 0 Å². The number of hydrogen-bond acceptors (Lipinski definition) is 0. The maximum Gasteiger partial charge on any atom is 0.180 e. The van der Waals surface area contributed by atoms with Crippen molar-refractivity contribution in [2.75, 3.05) is 0 Å². The van der Waals surface area contributed by atoms with Crippen LogP contribution in [-0.4, -0.2) is 0 Å². The quantitative estimate of drug-likeness (QED) is 0.566. The van der Waals surface area contributed by atoms with Crippen molar-refractivity contribution in [2.24, 2.45) is 0 Å². The van der Waals surface area contributed by atoms with Crippen molar-refractivity contribution >= 4 is 31.9 Å². The van der Waals surface area contributed by atoms with Gasteiger partial charge < -0.3 is 0 Å². The van der Waals surface area contributed by atoms with Crippen molar-refractivity contribution in [1.82, 2.24) is 0 Å². The number of halogens is 2. The van der Waals surface area contributed by atoms with E-state index in [-0.39, 0.29) is 0 Å². The summed E-state index contributed by atoms with van der Waals surface area (Å²) >= 11 is 6.56. The van der Waals surface area contributed by atoms with E-state index in [1.807, 2.05) is 18.2 Å². The highest BCUT2D eigenvalue weighted by atomic mass is 79.9. The first kappa shape index (κ1) is 6.21. The molecule has 1 aliphatic rings. The van der Waals surface area contributed by atoms with Gasteiger partial charge in [-0.05, 0) is 15.9 Å². The van der Waals surface area contributed by atoms with Crippen LogP contribution in [0.25, 0.3) is 0 Å². The Morgan fingerprint density at radius 3 is 2.38 bits per heavy atom. The fourth-order valence-corrected chi connectivity index (χ4v) is 0.880. The molecule has 1 rings (SSSR count). The Bertz CT molecular complexity index is 155. The van der Waals surface area contributed by atoms with Crippen molar-refractivity contribution in [3.8, 4) is 0 Å². The van der Waals surface area contributed by atoms with E-state index in [0.717, 1.165) is 8.96 Å². The Morgan fingerprint density at radius 2 is 2.00 bits per heavy atom. The highest BCUT2D eigenvalue weighted by molar-refractivity contribution is 9.12. The smallest absolute Gasteiger partial charge is 0.00773 e. The molecule has 0 aromatic rings. The summed E-state index contributed by atoms with van der Waals surface area (Å²) in [7, 11) is 0. The average Bonchev–Trinajstić information content (AvgIpc) is 1.77. The summed E-state index contributed by atoms with van der Waals surface area (Å²) in [6, 6.07) is 0. The summed E-state index contributed by atoms with van der Waals surface area (Å²) in [6.45, 7) is 0. The molecule has 40 valence electrons. The fourth-order valence-electron chi connectivity index (χ4n) is 0.387. The second-order valence-electron chi connectivity index (χ2n) is 1.35. The van der Waals surface area contributed by atoms with E-state index in [1.54, 1.807) is 0 Å². The maximum absolute atomic E-state index is 3.29. The highest BCUT2D eigenvalue weighted by Gasteiger charge is 2.01. The topological polar surface area (TPSA) is 0 Å². The molecule has 0 unspecified atom stereocenters. The molecule has 0 aliphatic heterocycles. The second-order valence-corrected chi connectivity index (χ2v) is 3.12.